The van der Waals surface area contributed by atoms with Gasteiger partial charge in [0.1, 0.15) is 0 Å². The Bertz CT molecular complexity index is 766. The first kappa shape index (κ1) is 17.5. The Balaban J connectivity index is 1.82. The minimum absolute atomic E-state index is 0.0494. The molecule has 2 aromatic carbocycles. The van der Waals surface area contributed by atoms with Gasteiger partial charge in [-0.1, -0.05) is 36.6 Å². The van der Waals surface area contributed by atoms with Gasteiger partial charge >= 0.3 is 0 Å². The molecular weight excluding hydrogens is 340 g/mol. The highest BCUT2D eigenvalue weighted by Gasteiger charge is 2.42. The molecule has 2 amide bonds. The van der Waals surface area contributed by atoms with Crippen LogP contribution in [0, 0.1) is 0 Å². The fourth-order valence-electron chi connectivity index (χ4n) is 3.41. The summed E-state index contributed by atoms with van der Waals surface area (Å²) < 4.78 is 0. The maximum absolute atomic E-state index is 13.0. The molecule has 0 aliphatic heterocycles. The number of anilines is 1. The van der Waals surface area contributed by atoms with Gasteiger partial charge in [0.2, 0.25) is 5.91 Å². The summed E-state index contributed by atoms with van der Waals surface area (Å²) in [6.07, 6.45) is 3.61. The van der Waals surface area contributed by atoms with E-state index in [9.17, 15) is 9.59 Å². The molecule has 130 valence electrons. The third-order valence-corrected chi connectivity index (χ3v) is 5.05. The lowest BCUT2D eigenvalue weighted by molar-refractivity contribution is -0.121. The normalized spacial score (nSPS) is 15.6. The molecule has 25 heavy (non-hydrogen) atoms. The van der Waals surface area contributed by atoms with Gasteiger partial charge in [-0.3, -0.25) is 14.8 Å². The number of halogens is 1. The second-order valence-electron chi connectivity index (χ2n) is 6.27. The molecule has 1 aliphatic rings. The molecule has 5 nitrogen and oxygen atoms in total. The molecule has 6 heteroatoms. The Hall–Kier alpha value is -2.37. The lowest BCUT2D eigenvalue weighted by Gasteiger charge is -2.28. The SMILES string of the molecule is O=C(NO)c1ccc(NC(=O)C2(c3ccc(Cl)cc3)CCCC2)cc1. The highest BCUT2D eigenvalue weighted by molar-refractivity contribution is 6.30. The zero-order chi connectivity index (χ0) is 17.9. The van der Waals surface area contributed by atoms with E-state index in [0.717, 1.165) is 31.2 Å². The number of benzene rings is 2. The van der Waals surface area contributed by atoms with Crippen LogP contribution in [0.1, 0.15) is 41.6 Å². The van der Waals surface area contributed by atoms with E-state index in [-0.39, 0.29) is 5.91 Å². The standard InChI is InChI=1S/C19H19ClN2O3/c20-15-7-5-14(6-8-15)19(11-1-2-12-19)18(24)21-16-9-3-13(4-10-16)17(23)22-25/h3-10,25H,1-2,11-12H2,(H,21,24)(H,22,23). The van der Waals surface area contributed by atoms with Crippen LogP contribution < -0.4 is 10.8 Å². The second-order valence-corrected chi connectivity index (χ2v) is 6.70. The molecule has 0 bridgehead atoms. The average molecular weight is 359 g/mol. The molecule has 0 heterocycles. The molecular formula is C19H19ClN2O3. The van der Waals surface area contributed by atoms with Gasteiger partial charge < -0.3 is 5.32 Å². The third kappa shape index (κ3) is 3.52. The molecule has 2 aromatic rings. The van der Waals surface area contributed by atoms with Crippen LogP contribution in [-0.2, 0) is 10.2 Å². The Kier molecular flexibility index (Phi) is 5.06. The van der Waals surface area contributed by atoms with Gasteiger partial charge in [0, 0.05) is 16.3 Å². The zero-order valence-electron chi connectivity index (χ0n) is 13.6. The Morgan fingerprint density at radius 2 is 1.56 bits per heavy atom. The summed E-state index contributed by atoms with van der Waals surface area (Å²) >= 11 is 5.97. The quantitative estimate of drug-likeness (QED) is 0.572. The van der Waals surface area contributed by atoms with Crippen molar-refractivity contribution in [3.63, 3.8) is 0 Å². The van der Waals surface area contributed by atoms with Crippen LogP contribution in [0.2, 0.25) is 5.02 Å². The molecule has 0 unspecified atom stereocenters. The summed E-state index contributed by atoms with van der Waals surface area (Å²) in [6.45, 7) is 0. The van der Waals surface area contributed by atoms with Crippen molar-refractivity contribution < 1.29 is 14.8 Å². The predicted molar refractivity (Wildman–Crippen MR) is 95.9 cm³/mol. The lowest BCUT2D eigenvalue weighted by Crippen LogP contribution is -2.38. The van der Waals surface area contributed by atoms with Crippen molar-refractivity contribution in [3.8, 4) is 0 Å². The van der Waals surface area contributed by atoms with Crippen LogP contribution in [0.25, 0.3) is 0 Å². The number of amides is 2. The summed E-state index contributed by atoms with van der Waals surface area (Å²) in [5, 5.41) is 12.3. The lowest BCUT2D eigenvalue weighted by atomic mass is 9.78. The highest BCUT2D eigenvalue weighted by Crippen LogP contribution is 2.42. The first-order chi connectivity index (χ1) is 12.0. The van der Waals surface area contributed by atoms with E-state index in [0.29, 0.717) is 16.3 Å². The number of hydrogen-bond donors (Lipinski definition) is 3. The van der Waals surface area contributed by atoms with Gasteiger partial charge in [0.05, 0.1) is 5.41 Å². The number of rotatable bonds is 4. The van der Waals surface area contributed by atoms with Crippen molar-refractivity contribution in [2.24, 2.45) is 0 Å². The Morgan fingerprint density at radius 3 is 2.12 bits per heavy atom. The molecule has 0 atom stereocenters. The van der Waals surface area contributed by atoms with Crippen molar-refractivity contribution in [1.29, 1.82) is 0 Å². The summed E-state index contributed by atoms with van der Waals surface area (Å²) in [7, 11) is 0. The van der Waals surface area contributed by atoms with Crippen LogP contribution in [0.15, 0.2) is 48.5 Å². The maximum atomic E-state index is 13.0. The first-order valence-corrected chi connectivity index (χ1v) is 8.55. The monoisotopic (exact) mass is 358 g/mol. The molecule has 3 N–H and O–H groups in total. The van der Waals surface area contributed by atoms with Crippen molar-refractivity contribution in [1.82, 2.24) is 5.48 Å². The molecule has 1 fully saturated rings. The predicted octanol–water partition coefficient (Wildman–Crippen LogP) is 3.91. The van der Waals surface area contributed by atoms with Gasteiger partial charge in [-0.15, -0.1) is 0 Å². The van der Waals surface area contributed by atoms with E-state index in [1.54, 1.807) is 29.7 Å². The maximum Gasteiger partial charge on any atom is 0.274 e. The van der Waals surface area contributed by atoms with Crippen molar-refractivity contribution in [3.05, 3.63) is 64.7 Å². The number of nitrogens with one attached hydrogen (secondary N) is 2. The number of carbonyl (C=O) groups is 2. The number of hydroxylamine groups is 1. The minimum atomic E-state index is -0.591. The molecule has 0 radical (unpaired) electrons. The highest BCUT2D eigenvalue weighted by atomic mass is 35.5. The fourth-order valence-corrected chi connectivity index (χ4v) is 3.54. The minimum Gasteiger partial charge on any atom is -0.325 e. The van der Waals surface area contributed by atoms with E-state index in [1.807, 2.05) is 24.3 Å². The molecule has 0 spiro atoms. The molecule has 1 aliphatic carbocycles. The van der Waals surface area contributed by atoms with Crippen LogP contribution in [0.3, 0.4) is 0 Å². The number of hydrogen-bond acceptors (Lipinski definition) is 3. The van der Waals surface area contributed by atoms with Crippen molar-refractivity contribution in [2.75, 3.05) is 5.32 Å². The Morgan fingerprint density at radius 1 is 0.960 bits per heavy atom. The van der Waals surface area contributed by atoms with E-state index in [1.165, 1.54) is 0 Å². The summed E-state index contributed by atoms with van der Waals surface area (Å²) in [5.41, 5.74) is 2.93. The van der Waals surface area contributed by atoms with Crippen LogP contribution >= 0.6 is 11.6 Å². The van der Waals surface area contributed by atoms with E-state index in [4.69, 9.17) is 16.8 Å². The van der Waals surface area contributed by atoms with Crippen LogP contribution in [0.5, 0.6) is 0 Å². The third-order valence-electron chi connectivity index (χ3n) is 4.80. The molecule has 0 saturated heterocycles. The fraction of sp³-hybridized carbons (Fsp3) is 0.263. The van der Waals surface area contributed by atoms with Gasteiger partial charge in [-0.2, -0.15) is 0 Å². The van der Waals surface area contributed by atoms with E-state index < -0.39 is 11.3 Å². The zero-order valence-corrected chi connectivity index (χ0v) is 14.3. The second kappa shape index (κ2) is 7.25. The van der Waals surface area contributed by atoms with Gasteiger partial charge in [-0.05, 0) is 54.8 Å². The largest absolute Gasteiger partial charge is 0.325 e. The van der Waals surface area contributed by atoms with Crippen molar-refractivity contribution in [2.45, 2.75) is 31.1 Å². The Labute approximate surface area is 151 Å². The summed E-state index contributed by atoms with van der Waals surface area (Å²) in [5.74, 6) is -0.641. The van der Waals surface area contributed by atoms with E-state index >= 15 is 0 Å². The number of carbonyl (C=O) groups excluding carboxylic acids is 2. The molecule has 3 rings (SSSR count). The van der Waals surface area contributed by atoms with Crippen LogP contribution in [-0.4, -0.2) is 17.0 Å². The summed E-state index contributed by atoms with van der Waals surface area (Å²) in [4.78, 5) is 24.4. The molecule has 1 saturated carbocycles. The van der Waals surface area contributed by atoms with Gasteiger partial charge in [0.25, 0.3) is 5.91 Å². The van der Waals surface area contributed by atoms with E-state index in [2.05, 4.69) is 5.32 Å². The smallest absolute Gasteiger partial charge is 0.274 e. The van der Waals surface area contributed by atoms with Crippen molar-refractivity contribution >= 4 is 29.1 Å². The van der Waals surface area contributed by atoms with Gasteiger partial charge in [0.15, 0.2) is 0 Å². The van der Waals surface area contributed by atoms with Gasteiger partial charge in [-0.25, -0.2) is 5.48 Å². The van der Waals surface area contributed by atoms with Crippen LogP contribution in [0.4, 0.5) is 5.69 Å². The average Bonchev–Trinajstić information content (AvgIpc) is 3.13. The topological polar surface area (TPSA) is 78.4 Å². The first-order valence-electron chi connectivity index (χ1n) is 8.17. The summed E-state index contributed by atoms with van der Waals surface area (Å²) in [6, 6.07) is 13.8. The molecule has 0 aromatic heterocycles.